The van der Waals surface area contributed by atoms with Gasteiger partial charge in [0, 0.05) is 25.0 Å². The fourth-order valence-electron chi connectivity index (χ4n) is 2.95. The number of halogens is 3. The van der Waals surface area contributed by atoms with Gasteiger partial charge in [0.2, 0.25) is 0 Å². The van der Waals surface area contributed by atoms with E-state index in [1.165, 1.54) is 6.07 Å². The molecule has 1 atom stereocenters. The summed E-state index contributed by atoms with van der Waals surface area (Å²) in [6.07, 6.45) is 2.43. The van der Waals surface area contributed by atoms with Gasteiger partial charge in [-0.1, -0.05) is 0 Å². The largest absolute Gasteiger partial charge is 0.373 e. The molecule has 114 valence electrons. The lowest BCUT2D eigenvalue weighted by Gasteiger charge is -2.25. The second-order valence-electron chi connectivity index (χ2n) is 5.71. The van der Waals surface area contributed by atoms with Crippen molar-refractivity contribution in [3.8, 4) is 0 Å². The zero-order valence-electron chi connectivity index (χ0n) is 11.8. The van der Waals surface area contributed by atoms with E-state index in [-0.39, 0.29) is 11.1 Å². The van der Waals surface area contributed by atoms with Crippen LogP contribution in [0.25, 0.3) is 11.0 Å². The third-order valence-electron chi connectivity index (χ3n) is 3.96. The maximum Gasteiger partial charge on any atom is 0.153 e. The minimum absolute atomic E-state index is 0.193. The molecule has 0 bridgehead atoms. The lowest BCUT2D eigenvalue weighted by molar-refractivity contribution is 0.00652. The number of benzene rings is 1. The Kier molecular flexibility index (Phi) is 3.88. The van der Waals surface area contributed by atoms with Crippen LogP contribution in [-0.4, -0.2) is 27.6 Å². The number of aryl methyl sites for hydroxylation is 1. The van der Waals surface area contributed by atoms with Crippen molar-refractivity contribution >= 4 is 22.6 Å². The molecule has 6 heteroatoms. The van der Waals surface area contributed by atoms with Gasteiger partial charge in [-0.3, -0.25) is 0 Å². The predicted octanol–water partition coefficient (Wildman–Crippen LogP) is 3.66. The lowest BCUT2D eigenvalue weighted by atomic mass is 10.0. The number of nitrogens with zero attached hydrogens (tertiary/aromatic N) is 2. The fraction of sp³-hybridized carbons (Fsp3) is 0.533. The van der Waals surface area contributed by atoms with Crippen molar-refractivity contribution in [3.63, 3.8) is 0 Å². The van der Waals surface area contributed by atoms with Crippen LogP contribution in [0.2, 0.25) is 0 Å². The van der Waals surface area contributed by atoms with Crippen LogP contribution in [-0.2, 0) is 17.7 Å². The number of fused-ring (bicyclic) bond motifs is 1. The molecule has 0 N–H and O–H groups in total. The average molecular weight is 315 g/mol. The normalized spacial score (nSPS) is 22.3. The highest BCUT2D eigenvalue weighted by Gasteiger charge is 2.32. The Morgan fingerprint density at radius 2 is 2.24 bits per heavy atom. The maximum absolute atomic E-state index is 13.9. The van der Waals surface area contributed by atoms with Crippen molar-refractivity contribution in [3.05, 3.63) is 29.6 Å². The standard InChI is InChI=1S/C15H17ClF2N2O/c1-15(4-2-6-21-15)9-20-12-8-10(17)7-11(18)14(12)19-13(20)3-5-16/h7-8H,2-6,9H2,1H3. The summed E-state index contributed by atoms with van der Waals surface area (Å²) in [6, 6.07) is 2.18. The highest BCUT2D eigenvalue weighted by molar-refractivity contribution is 6.17. The van der Waals surface area contributed by atoms with E-state index < -0.39 is 11.6 Å². The summed E-state index contributed by atoms with van der Waals surface area (Å²) < 4.78 is 35.1. The first-order chi connectivity index (χ1) is 10.0. The molecular formula is C15H17ClF2N2O. The number of rotatable bonds is 4. The number of imidazole rings is 1. The van der Waals surface area contributed by atoms with E-state index in [0.717, 1.165) is 25.5 Å². The van der Waals surface area contributed by atoms with Crippen LogP contribution in [0.5, 0.6) is 0 Å². The van der Waals surface area contributed by atoms with E-state index in [0.29, 0.717) is 30.2 Å². The van der Waals surface area contributed by atoms with Crippen LogP contribution >= 0.6 is 11.6 Å². The van der Waals surface area contributed by atoms with E-state index >= 15 is 0 Å². The van der Waals surface area contributed by atoms with E-state index in [2.05, 4.69) is 4.98 Å². The summed E-state index contributed by atoms with van der Waals surface area (Å²) in [6.45, 7) is 3.27. The van der Waals surface area contributed by atoms with Crippen molar-refractivity contribution in [1.82, 2.24) is 9.55 Å². The summed E-state index contributed by atoms with van der Waals surface area (Å²) in [5.41, 5.74) is 0.333. The van der Waals surface area contributed by atoms with Crippen molar-refractivity contribution < 1.29 is 13.5 Å². The minimum atomic E-state index is -0.642. The molecule has 3 rings (SSSR count). The smallest absolute Gasteiger partial charge is 0.153 e. The van der Waals surface area contributed by atoms with E-state index in [1.807, 2.05) is 11.5 Å². The first-order valence-corrected chi connectivity index (χ1v) is 7.60. The Balaban J connectivity index is 2.11. The Bertz CT molecular complexity index is 665. The molecule has 1 aliphatic heterocycles. The summed E-state index contributed by atoms with van der Waals surface area (Å²) in [5, 5.41) is 0. The summed E-state index contributed by atoms with van der Waals surface area (Å²) >= 11 is 5.81. The molecule has 21 heavy (non-hydrogen) atoms. The molecule has 1 saturated heterocycles. The van der Waals surface area contributed by atoms with Crippen molar-refractivity contribution in [2.24, 2.45) is 0 Å². The predicted molar refractivity (Wildman–Crippen MR) is 77.7 cm³/mol. The van der Waals surface area contributed by atoms with E-state index in [4.69, 9.17) is 16.3 Å². The quantitative estimate of drug-likeness (QED) is 0.805. The van der Waals surface area contributed by atoms with Crippen LogP contribution in [0.4, 0.5) is 8.78 Å². The van der Waals surface area contributed by atoms with Gasteiger partial charge >= 0.3 is 0 Å². The molecule has 1 aromatic heterocycles. The second kappa shape index (κ2) is 5.54. The number of aromatic nitrogens is 2. The highest BCUT2D eigenvalue weighted by Crippen LogP contribution is 2.30. The molecule has 0 amide bonds. The first kappa shape index (κ1) is 14.7. The Hall–Kier alpha value is -1.20. The first-order valence-electron chi connectivity index (χ1n) is 7.06. The molecular weight excluding hydrogens is 298 g/mol. The van der Waals surface area contributed by atoms with Crippen LogP contribution in [0.1, 0.15) is 25.6 Å². The number of alkyl halides is 1. The van der Waals surface area contributed by atoms with Crippen LogP contribution in [0, 0.1) is 11.6 Å². The van der Waals surface area contributed by atoms with Gasteiger partial charge in [0.05, 0.1) is 17.7 Å². The Morgan fingerprint density at radius 1 is 1.43 bits per heavy atom. The number of ether oxygens (including phenoxy) is 1. The fourth-order valence-corrected chi connectivity index (χ4v) is 3.11. The zero-order valence-corrected chi connectivity index (χ0v) is 12.6. The molecule has 2 heterocycles. The van der Waals surface area contributed by atoms with Crippen LogP contribution in [0.15, 0.2) is 12.1 Å². The number of hydrogen-bond donors (Lipinski definition) is 0. The SMILES string of the molecule is CC1(Cn2c(CCCl)nc3c(F)cc(F)cc32)CCCO1. The van der Waals surface area contributed by atoms with Gasteiger partial charge < -0.3 is 9.30 Å². The highest BCUT2D eigenvalue weighted by atomic mass is 35.5. The van der Waals surface area contributed by atoms with Gasteiger partial charge in [-0.15, -0.1) is 11.6 Å². The maximum atomic E-state index is 13.9. The molecule has 0 spiro atoms. The third-order valence-corrected chi connectivity index (χ3v) is 4.15. The molecule has 0 aliphatic carbocycles. The molecule has 1 aliphatic rings. The molecule has 0 saturated carbocycles. The van der Waals surface area contributed by atoms with Crippen molar-refractivity contribution in [2.75, 3.05) is 12.5 Å². The van der Waals surface area contributed by atoms with Gasteiger partial charge in [0.1, 0.15) is 17.2 Å². The van der Waals surface area contributed by atoms with E-state index in [9.17, 15) is 8.78 Å². The topological polar surface area (TPSA) is 27.1 Å². The molecule has 3 nitrogen and oxygen atoms in total. The van der Waals surface area contributed by atoms with Crippen molar-refractivity contribution in [2.45, 2.75) is 38.3 Å². The minimum Gasteiger partial charge on any atom is -0.373 e. The number of hydrogen-bond acceptors (Lipinski definition) is 2. The third kappa shape index (κ3) is 2.77. The summed E-state index contributed by atoms with van der Waals surface area (Å²) in [4.78, 5) is 4.30. The van der Waals surface area contributed by atoms with Gasteiger partial charge in [-0.2, -0.15) is 0 Å². The molecule has 1 aromatic carbocycles. The van der Waals surface area contributed by atoms with Gasteiger partial charge in [-0.25, -0.2) is 13.8 Å². The van der Waals surface area contributed by atoms with E-state index in [1.54, 1.807) is 0 Å². The van der Waals surface area contributed by atoms with Gasteiger partial charge in [0.15, 0.2) is 5.82 Å². The van der Waals surface area contributed by atoms with Crippen LogP contribution < -0.4 is 0 Å². The monoisotopic (exact) mass is 314 g/mol. The average Bonchev–Trinajstić information content (AvgIpc) is 2.98. The second-order valence-corrected chi connectivity index (χ2v) is 6.09. The lowest BCUT2D eigenvalue weighted by Crippen LogP contribution is -2.30. The summed E-state index contributed by atoms with van der Waals surface area (Å²) in [7, 11) is 0. The van der Waals surface area contributed by atoms with Crippen molar-refractivity contribution in [1.29, 1.82) is 0 Å². The molecule has 1 unspecified atom stereocenters. The molecule has 0 radical (unpaired) electrons. The van der Waals surface area contributed by atoms with Crippen LogP contribution in [0.3, 0.4) is 0 Å². The molecule has 1 fully saturated rings. The Labute approximate surface area is 126 Å². The molecule has 2 aromatic rings. The Morgan fingerprint density at radius 3 is 2.90 bits per heavy atom. The van der Waals surface area contributed by atoms with Gasteiger partial charge in [0.25, 0.3) is 0 Å². The summed E-state index contributed by atoms with van der Waals surface area (Å²) in [5.74, 6) is -0.195. The zero-order chi connectivity index (χ0) is 15.0. The van der Waals surface area contributed by atoms with Gasteiger partial charge in [-0.05, 0) is 25.8 Å².